The van der Waals surface area contributed by atoms with Gasteiger partial charge in [0.2, 0.25) is 0 Å². The van der Waals surface area contributed by atoms with E-state index in [2.05, 4.69) is 0 Å². The summed E-state index contributed by atoms with van der Waals surface area (Å²) in [7, 11) is -3.96. The number of hydrogen-bond donors (Lipinski definition) is 1. The first-order valence-corrected chi connectivity index (χ1v) is 10.6. The maximum absolute atomic E-state index is 13.2. The largest absolute Gasteiger partial charge is 0.494 e. The van der Waals surface area contributed by atoms with Crippen molar-refractivity contribution in [2.24, 2.45) is 0 Å². The van der Waals surface area contributed by atoms with Gasteiger partial charge < -0.3 is 9.84 Å². The maximum atomic E-state index is 13.2. The Bertz CT molecular complexity index is 1150. The van der Waals surface area contributed by atoms with Gasteiger partial charge in [0, 0.05) is 18.0 Å². The Labute approximate surface area is 172 Å². The number of aromatic nitrogens is 1. The van der Waals surface area contributed by atoms with Crippen molar-refractivity contribution in [3.05, 3.63) is 58.2 Å². The number of carbonyl (C=O) groups is 1. The zero-order valence-electron chi connectivity index (χ0n) is 14.9. The second-order valence-electron chi connectivity index (χ2n) is 6.04. The average molecular weight is 442 g/mol. The van der Waals surface area contributed by atoms with E-state index >= 15 is 0 Å². The van der Waals surface area contributed by atoms with E-state index in [0.29, 0.717) is 28.8 Å². The first kappa shape index (κ1) is 20.5. The van der Waals surface area contributed by atoms with Crippen LogP contribution in [-0.2, 0) is 21.2 Å². The van der Waals surface area contributed by atoms with Crippen LogP contribution in [0.25, 0.3) is 10.9 Å². The topological polar surface area (TPSA) is 85.6 Å². The smallest absolute Gasteiger partial charge is 0.303 e. The number of carboxylic acid groups (broad SMARTS) is 1. The molecule has 28 heavy (non-hydrogen) atoms. The van der Waals surface area contributed by atoms with E-state index in [-0.39, 0.29) is 27.8 Å². The van der Waals surface area contributed by atoms with Gasteiger partial charge in [-0.05, 0) is 55.3 Å². The van der Waals surface area contributed by atoms with Crippen LogP contribution < -0.4 is 4.74 Å². The van der Waals surface area contributed by atoms with E-state index in [4.69, 9.17) is 33.0 Å². The van der Waals surface area contributed by atoms with Gasteiger partial charge in [0.05, 0.1) is 27.1 Å². The van der Waals surface area contributed by atoms with Gasteiger partial charge in [0.25, 0.3) is 10.0 Å². The van der Waals surface area contributed by atoms with Crippen LogP contribution in [0.3, 0.4) is 0 Å². The normalized spacial score (nSPS) is 11.7. The molecule has 9 heteroatoms. The van der Waals surface area contributed by atoms with E-state index in [0.717, 1.165) is 3.97 Å². The molecule has 0 saturated heterocycles. The number of carboxylic acids is 1. The van der Waals surface area contributed by atoms with Crippen molar-refractivity contribution in [2.45, 2.75) is 24.7 Å². The third-order valence-electron chi connectivity index (χ3n) is 4.19. The molecule has 0 unspecified atom stereocenters. The van der Waals surface area contributed by atoms with Gasteiger partial charge in [-0.2, -0.15) is 0 Å². The molecule has 0 amide bonds. The summed E-state index contributed by atoms with van der Waals surface area (Å²) in [5.41, 5.74) is 1.03. The third-order valence-corrected chi connectivity index (χ3v) is 6.60. The molecule has 148 valence electrons. The summed E-state index contributed by atoms with van der Waals surface area (Å²) >= 11 is 11.9. The lowest BCUT2D eigenvalue weighted by Crippen LogP contribution is -2.12. The highest BCUT2D eigenvalue weighted by Crippen LogP contribution is 2.32. The zero-order valence-corrected chi connectivity index (χ0v) is 17.2. The van der Waals surface area contributed by atoms with E-state index in [1.165, 1.54) is 24.4 Å². The summed E-state index contributed by atoms with van der Waals surface area (Å²) in [6.45, 7) is 2.30. The monoisotopic (exact) mass is 441 g/mol. The summed E-state index contributed by atoms with van der Waals surface area (Å²) in [6, 6.07) is 9.11. The molecular formula is C19H17Cl2NO5S. The number of halogens is 2. The molecule has 1 aromatic heterocycles. The Hall–Kier alpha value is -2.22. The minimum atomic E-state index is -3.96. The van der Waals surface area contributed by atoms with Crippen LogP contribution in [0.5, 0.6) is 5.75 Å². The van der Waals surface area contributed by atoms with Crippen LogP contribution in [-0.4, -0.2) is 30.1 Å². The van der Waals surface area contributed by atoms with Crippen LogP contribution in [0, 0.1) is 0 Å². The average Bonchev–Trinajstić information content (AvgIpc) is 3.01. The van der Waals surface area contributed by atoms with Gasteiger partial charge in [0.1, 0.15) is 5.75 Å². The quantitative estimate of drug-likeness (QED) is 0.578. The molecule has 0 aliphatic carbocycles. The fraction of sp³-hybridized carbons (Fsp3) is 0.211. The van der Waals surface area contributed by atoms with E-state index < -0.39 is 16.0 Å². The Kier molecular flexibility index (Phi) is 5.88. The lowest BCUT2D eigenvalue weighted by atomic mass is 10.1. The lowest BCUT2D eigenvalue weighted by Gasteiger charge is -2.09. The van der Waals surface area contributed by atoms with Crippen molar-refractivity contribution < 1.29 is 23.1 Å². The second-order valence-corrected chi connectivity index (χ2v) is 8.67. The van der Waals surface area contributed by atoms with Crippen molar-refractivity contribution in [3.8, 4) is 5.75 Å². The molecule has 0 aliphatic rings. The molecule has 0 saturated carbocycles. The highest BCUT2D eigenvalue weighted by atomic mass is 35.5. The van der Waals surface area contributed by atoms with Crippen molar-refractivity contribution in [1.29, 1.82) is 0 Å². The molecule has 6 nitrogen and oxygen atoms in total. The van der Waals surface area contributed by atoms with Crippen LogP contribution in [0.4, 0.5) is 0 Å². The van der Waals surface area contributed by atoms with Gasteiger partial charge in [-0.15, -0.1) is 0 Å². The fourth-order valence-corrected chi connectivity index (χ4v) is 4.67. The Morgan fingerprint density at radius 1 is 1.14 bits per heavy atom. The van der Waals surface area contributed by atoms with Gasteiger partial charge in [-0.1, -0.05) is 23.2 Å². The number of aliphatic carboxylic acids is 1. The highest BCUT2D eigenvalue weighted by molar-refractivity contribution is 7.90. The Balaban J connectivity index is 2.18. The maximum Gasteiger partial charge on any atom is 0.303 e. The second kappa shape index (κ2) is 8.03. The Morgan fingerprint density at radius 2 is 1.89 bits per heavy atom. The Morgan fingerprint density at radius 3 is 2.54 bits per heavy atom. The number of ether oxygens (including phenoxy) is 1. The van der Waals surface area contributed by atoms with E-state index in [9.17, 15) is 13.2 Å². The number of nitrogens with zero attached hydrogens (tertiary/aromatic N) is 1. The highest BCUT2D eigenvalue weighted by Gasteiger charge is 2.22. The molecule has 0 radical (unpaired) electrons. The molecular weight excluding hydrogens is 425 g/mol. The number of benzene rings is 2. The first-order valence-electron chi connectivity index (χ1n) is 8.43. The number of hydrogen-bond acceptors (Lipinski definition) is 4. The summed E-state index contributed by atoms with van der Waals surface area (Å²) in [4.78, 5) is 11.0. The summed E-state index contributed by atoms with van der Waals surface area (Å²) in [6.07, 6.45) is 1.51. The van der Waals surface area contributed by atoms with Crippen LogP contribution in [0.2, 0.25) is 10.0 Å². The molecule has 3 aromatic rings. The van der Waals surface area contributed by atoms with Gasteiger partial charge in [0.15, 0.2) is 0 Å². The third kappa shape index (κ3) is 3.97. The minimum absolute atomic E-state index is 0.0162. The predicted octanol–water partition coefficient (Wildman–Crippen LogP) is 4.60. The van der Waals surface area contributed by atoms with Crippen molar-refractivity contribution >= 4 is 50.1 Å². The van der Waals surface area contributed by atoms with E-state index in [1.807, 2.05) is 6.92 Å². The molecule has 0 bridgehead atoms. The molecule has 1 heterocycles. The van der Waals surface area contributed by atoms with Crippen LogP contribution in [0.15, 0.2) is 47.5 Å². The van der Waals surface area contributed by atoms with Gasteiger partial charge in [-0.3, -0.25) is 4.79 Å². The lowest BCUT2D eigenvalue weighted by molar-refractivity contribution is -0.136. The SMILES string of the molecule is CCOc1ccc2c(c1)c(CCC(=O)O)cn2S(=O)(=O)c1ccc(Cl)c(Cl)c1. The van der Waals surface area contributed by atoms with E-state index in [1.54, 1.807) is 18.2 Å². The van der Waals surface area contributed by atoms with Crippen molar-refractivity contribution in [2.75, 3.05) is 6.61 Å². The molecule has 1 N–H and O–H groups in total. The molecule has 0 aliphatic heterocycles. The fourth-order valence-electron chi connectivity index (χ4n) is 2.89. The van der Waals surface area contributed by atoms with Gasteiger partial charge >= 0.3 is 5.97 Å². The zero-order chi connectivity index (χ0) is 20.5. The molecule has 0 fully saturated rings. The standard InChI is InChI=1S/C19H17Cl2NO5S/c1-2-27-13-4-7-18-15(9-13)12(3-8-19(23)24)11-22(18)28(25,26)14-5-6-16(20)17(21)10-14/h4-7,9-11H,2-3,8H2,1H3,(H,23,24). The van der Waals surface area contributed by atoms with Crippen LogP contribution >= 0.6 is 23.2 Å². The summed E-state index contributed by atoms with van der Waals surface area (Å²) < 4.78 is 33.0. The number of aryl methyl sites for hydroxylation is 1. The summed E-state index contributed by atoms with van der Waals surface area (Å²) in [5, 5.41) is 10.0. The van der Waals surface area contributed by atoms with Gasteiger partial charge in [-0.25, -0.2) is 12.4 Å². The minimum Gasteiger partial charge on any atom is -0.494 e. The predicted molar refractivity (Wildman–Crippen MR) is 108 cm³/mol. The molecule has 3 rings (SSSR count). The molecule has 2 aromatic carbocycles. The van der Waals surface area contributed by atoms with Crippen molar-refractivity contribution in [3.63, 3.8) is 0 Å². The first-order chi connectivity index (χ1) is 13.2. The molecule has 0 atom stereocenters. The van der Waals surface area contributed by atoms with Crippen LogP contribution in [0.1, 0.15) is 18.9 Å². The van der Waals surface area contributed by atoms with Crippen molar-refractivity contribution in [1.82, 2.24) is 3.97 Å². The summed E-state index contributed by atoms with van der Waals surface area (Å²) in [5.74, 6) is -0.384. The number of fused-ring (bicyclic) bond motifs is 1. The molecule has 0 spiro atoms. The number of rotatable bonds is 7.